The summed E-state index contributed by atoms with van der Waals surface area (Å²) in [7, 11) is 0. The third-order valence-electron chi connectivity index (χ3n) is 1.99. The van der Waals surface area contributed by atoms with Crippen molar-refractivity contribution in [1.82, 2.24) is 10.1 Å². The molecule has 0 radical (unpaired) electrons. The molecule has 0 atom stereocenters. The molecule has 2 aromatic heterocycles. The molecule has 0 aliphatic rings. The van der Waals surface area contributed by atoms with Gasteiger partial charge in [-0.15, -0.1) is 11.3 Å². The number of hydrogen-bond donors (Lipinski definition) is 1. The molecule has 0 fully saturated rings. The number of thiazole rings is 1. The van der Waals surface area contributed by atoms with Crippen LogP contribution in [0.2, 0.25) is 0 Å². The highest BCUT2D eigenvalue weighted by molar-refractivity contribution is 7.15. The number of hydrogen-bond acceptors (Lipinski definition) is 5. The van der Waals surface area contributed by atoms with Crippen LogP contribution in [0.3, 0.4) is 0 Å². The highest BCUT2D eigenvalue weighted by Crippen LogP contribution is 2.33. The smallest absolute Gasteiger partial charge is 0.341 e. The van der Waals surface area contributed by atoms with Crippen LogP contribution >= 0.6 is 11.3 Å². The number of alkyl halides is 2. The number of nitrogens with zero attached hydrogens (tertiary/aromatic N) is 2. The van der Waals surface area contributed by atoms with E-state index in [0.29, 0.717) is 9.88 Å². The first kappa shape index (κ1) is 11.6. The Kier molecular flexibility index (Phi) is 2.88. The van der Waals surface area contributed by atoms with Crippen LogP contribution in [0.15, 0.2) is 10.7 Å². The highest BCUT2D eigenvalue weighted by atomic mass is 32.1. The van der Waals surface area contributed by atoms with Crippen LogP contribution in [-0.2, 0) is 0 Å². The first-order chi connectivity index (χ1) is 8.00. The van der Waals surface area contributed by atoms with Crippen LogP contribution in [0.1, 0.15) is 27.6 Å². The number of aromatic nitrogens is 2. The third kappa shape index (κ3) is 2.03. The van der Waals surface area contributed by atoms with Gasteiger partial charge in [-0.2, -0.15) is 0 Å². The Morgan fingerprint density at radius 3 is 2.76 bits per heavy atom. The number of carboxylic acids is 1. The zero-order chi connectivity index (χ0) is 12.6. The minimum absolute atomic E-state index is 0.113. The van der Waals surface area contributed by atoms with Gasteiger partial charge in [0.1, 0.15) is 11.3 Å². The van der Waals surface area contributed by atoms with Gasteiger partial charge in [-0.1, -0.05) is 5.16 Å². The monoisotopic (exact) mass is 260 g/mol. The van der Waals surface area contributed by atoms with Crippen molar-refractivity contribution in [3.8, 4) is 10.6 Å². The maximum atomic E-state index is 12.5. The summed E-state index contributed by atoms with van der Waals surface area (Å²) >= 11 is 1.16. The number of aromatic carboxylic acids is 1. The Balaban J connectivity index is 2.59. The second-order valence-electron chi connectivity index (χ2n) is 3.12. The van der Waals surface area contributed by atoms with E-state index in [2.05, 4.69) is 14.7 Å². The summed E-state index contributed by atoms with van der Waals surface area (Å²) in [4.78, 5) is 15.2. The summed E-state index contributed by atoms with van der Waals surface area (Å²) in [6.07, 6.45) is -1.64. The van der Waals surface area contributed by atoms with Gasteiger partial charge in [0, 0.05) is 6.20 Å². The summed E-state index contributed by atoms with van der Waals surface area (Å²) in [5, 5.41) is 13.0. The molecule has 0 aliphatic heterocycles. The molecule has 0 aliphatic carbocycles. The van der Waals surface area contributed by atoms with Gasteiger partial charge in [-0.3, -0.25) is 0 Å². The molecule has 2 aromatic rings. The average molecular weight is 260 g/mol. The summed E-state index contributed by atoms with van der Waals surface area (Å²) in [6.45, 7) is 1.71. The Bertz CT molecular complexity index is 564. The lowest BCUT2D eigenvalue weighted by atomic mass is 10.2. The largest absolute Gasteiger partial charge is 0.477 e. The molecule has 5 nitrogen and oxygen atoms in total. The lowest BCUT2D eigenvalue weighted by molar-refractivity contribution is 0.0670. The van der Waals surface area contributed by atoms with Crippen molar-refractivity contribution in [3.05, 3.63) is 22.5 Å². The van der Waals surface area contributed by atoms with Gasteiger partial charge < -0.3 is 9.63 Å². The van der Waals surface area contributed by atoms with E-state index in [1.54, 1.807) is 6.92 Å². The van der Waals surface area contributed by atoms with Gasteiger partial charge in [-0.25, -0.2) is 18.6 Å². The van der Waals surface area contributed by atoms with E-state index < -0.39 is 23.7 Å². The molecule has 2 heterocycles. The molecule has 0 aromatic carbocycles. The van der Waals surface area contributed by atoms with Crippen LogP contribution in [0.5, 0.6) is 0 Å². The molecule has 0 amide bonds. The molecule has 0 bridgehead atoms. The van der Waals surface area contributed by atoms with Crippen molar-refractivity contribution < 1.29 is 23.2 Å². The van der Waals surface area contributed by atoms with Crippen molar-refractivity contribution in [2.75, 3.05) is 0 Å². The quantitative estimate of drug-likeness (QED) is 0.918. The highest BCUT2D eigenvalue weighted by Gasteiger charge is 2.29. The van der Waals surface area contributed by atoms with Gasteiger partial charge >= 0.3 is 5.97 Å². The normalized spacial score (nSPS) is 11.1. The van der Waals surface area contributed by atoms with Crippen LogP contribution in [0, 0.1) is 6.92 Å². The van der Waals surface area contributed by atoms with Crippen molar-refractivity contribution >= 4 is 17.3 Å². The van der Waals surface area contributed by atoms with Crippen molar-refractivity contribution in [2.24, 2.45) is 0 Å². The molecular formula is C9H6F2N2O3S. The van der Waals surface area contributed by atoms with Crippen molar-refractivity contribution in [2.45, 2.75) is 13.3 Å². The Morgan fingerprint density at radius 2 is 2.29 bits per heavy atom. The Labute approximate surface area is 97.7 Å². The van der Waals surface area contributed by atoms with Crippen LogP contribution < -0.4 is 0 Å². The number of carbonyl (C=O) groups is 1. The average Bonchev–Trinajstić information content (AvgIpc) is 2.82. The zero-order valence-corrected chi connectivity index (χ0v) is 9.29. The van der Waals surface area contributed by atoms with Crippen LogP contribution in [0.25, 0.3) is 10.6 Å². The molecule has 0 saturated heterocycles. The molecule has 90 valence electrons. The molecule has 2 rings (SSSR count). The first-order valence-electron chi connectivity index (χ1n) is 4.44. The van der Waals surface area contributed by atoms with E-state index in [1.807, 2.05) is 0 Å². The number of rotatable bonds is 3. The maximum absolute atomic E-state index is 12.5. The van der Waals surface area contributed by atoms with E-state index in [9.17, 15) is 13.6 Å². The van der Waals surface area contributed by atoms with Gasteiger partial charge in [0.15, 0.2) is 0 Å². The zero-order valence-electron chi connectivity index (χ0n) is 8.48. The number of halogens is 2. The standard InChI is InChI=1S/C9H6F2N2O3S/c1-3-12-2-4(17-3)6-5(9(14)15)7(8(10)11)16-13-6/h2,8H,1H3,(H,14,15). The fourth-order valence-electron chi connectivity index (χ4n) is 1.30. The van der Waals surface area contributed by atoms with Crippen molar-refractivity contribution in [1.29, 1.82) is 0 Å². The summed E-state index contributed by atoms with van der Waals surface area (Å²) < 4.78 is 29.4. The van der Waals surface area contributed by atoms with Gasteiger partial charge in [-0.05, 0) is 6.92 Å². The van der Waals surface area contributed by atoms with E-state index >= 15 is 0 Å². The second kappa shape index (κ2) is 4.21. The molecule has 0 unspecified atom stereocenters. The predicted molar refractivity (Wildman–Crippen MR) is 54.3 cm³/mol. The number of aryl methyl sites for hydroxylation is 1. The van der Waals surface area contributed by atoms with E-state index in [4.69, 9.17) is 5.11 Å². The summed E-state index contributed by atoms with van der Waals surface area (Å²) in [5.74, 6) is -2.43. The molecule has 0 saturated carbocycles. The molecular weight excluding hydrogens is 254 g/mol. The minimum atomic E-state index is -3.02. The van der Waals surface area contributed by atoms with E-state index in [1.165, 1.54) is 6.20 Å². The lowest BCUT2D eigenvalue weighted by Gasteiger charge is -1.95. The molecule has 0 spiro atoms. The predicted octanol–water partition coefficient (Wildman–Crippen LogP) is 2.74. The maximum Gasteiger partial charge on any atom is 0.341 e. The summed E-state index contributed by atoms with van der Waals surface area (Å²) in [6, 6.07) is 0. The van der Waals surface area contributed by atoms with Gasteiger partial charge in [0.05, 0.1) is 9.88 Å². The SMILES string of the molecule is Cc1ncc(-c2noc(C(F)F)c2C(=O)O)s1. The molecule has 1 N–H and O–H groups in total. The minimum Gasteiger partial charge on any atom is -0.477 e. The first-order valence-corrected chi connectivity index (χ1v) is 5.26. The van der Waals surface area contributed by atoms with Crippen LogP contribution in [-0.4, -0.2) is 21.2 Å². The fourth-order valence-corrected chi connectivity index (χ4v) is 2.06. The Morgan fingerprint density at radius 1 is 1.59 bits per heavy atom. The van der Waals surface area contributed by atoms with Crippen molar-refractivity contribution in [3.63, 3.8) is 0 Å². The third-order valence-corrected chi connectivity index (χ3v) is 2.90. The second-order valence-corrected chi connectivity index (χ2v) is 4.35. The number of carboxylic acid groups (broad SMARTS) is 1. The molecule has 17 heavy (non-hydrogen) atoms. The van der Waals surface area contributed by atoms with Gasteiger partial charge in [0.2, 0.25) is 5.76 Å². The van der Waals surface area contributed by atoms with E-state index in [0.717, 1.165) is 11.3 Å². The lowest BCUT2D eigenvalue weighted by Crippen LogP contribution is -2.01. The molecule has 8 heteroatoms. The van der Waals surface area contributed by atoms with Gasteiger partial charge in [0.25, 0.3) is 6.43 Å². The Hall–Kier alpha value is -1.83. The van der Waals surface area contributed by atoms with E-state index in [-0.39, 0.29) is 5.69 Å². The fraction of sp³-hybridized carbons (Fsp3) is 0.222. The topological polar surface area (TPSA) is 76.2 Å². The summed E-state index contributed by atoms with van der Waals surface area (Å²) in [5.41, 5.74) is -0.720. The van der Waals surface area contributed by atoms with Crippen LogP contribution in [0.4, 0.5) is 8.78 Å².